The van der Waals surface area contributed by atoms with Crippen LogP contribution in [0.4, 0.5) is 18.9 Å². The summed E-state index contributed by atoms with van der Waals surface area (Å²) in [6, 6.07) is 4.11. The van der Waals surface area contributed by atoms with Gasteiger partial charge in [0.1, 0.15) is 6.54 Å². The molecule has 0 aliphatic rings. The second-order valence-corrected chi connectivity index (χ2v) is 5.58. The summed E-state index contributed by atoms with van der Waals surface area (Å²) in [4.78, 5) is 11.5. The Morgan fingerprint density at radius 3 is 2.48 bits per heavy atom. The van der Waals surface area contributed by atoms with E-state index in [-0.39, 0.29) is 11.3 Å². The van der Waals surface area contributed by atoms with Crippen molar-refractivity contribution in [3.05, 3.63) is 29.3 Å². The molecule has 0 aliphatic carbocycles. The maximum atomic E-state index is 12.0. The fourth-order valence-electron chi connectivity index (χ4n) is 1.38. The van der Waals surface area contributed by atoms with Gasteiger partial charge in [-0.25, -0.2) is 4.79 Å². The zero-order valence-electron chi connectivity index (χ0n) is 11.1. The monoisotopic (exact) mass is 326 g/mol. The number of carbonyl (C=O) groups excluding carboxylic acids is 1. The Morgan fingerprint density at radius 2 is 1.95 bits per heavy atom. The molecule has 0 spiro atoms. The van der Waals surface area contributed by atoms with Gasteiger partial charge in [0.25, 0.3) is 10.2 Å². The summed E-state index contributed by atoms with van der Waals surface area (Å²) in [5.41, 5.74) is 0.374. The molecule has 1 aromatic rings. The van der Waals surface area contributed by atoms with Crippen molar-refractivity contribution in [1.82, 2.24) is 4.72 Å². The number of carbonyl (C=O) groups is 1. The summed E-state index contributed by atoms with van der Waals surface area (Å²) in [5, 5.41) is 0. The van der Waals surface area contributed by atoms with E-state index < -0.39 is 28.9 Å². The largest absolute Gasteiger partial charge is 0.465 e. The number of hydrogen-bond acceptors (Lipinski definition) is 4. The molecule has 2 N–H and O–H groups in total. The molecule has 0 saturated carbocycles. The Morgan fingerprint density at radius 1 is 1.33 bits per heavy atom. The highest BCUT2D eigenvalue weighted by atomic mass is 32.2. The second kappa shape index (κ2) is 6.31. The molecule has 21 heavy (non-hydrogen) atoms. The summed E-state index contributed by atoms with van der Waals surface area (Å²) in [7, 11) is -3.37. The van der Waals surface area contributed by atoms with Crippen molar-refractivity contribution in [3.8, 4) is 0 Å². The molecule has 0 aliphatic heterocycles. The molecule has 10 heteroatoms. The first-order valence-electron chi connectivity index (χ1n) is 5.57. The molecular formula is C11H13F3N2O4S. The van der Waals surface area contributed by atoms with Crippen LogP contribution in [0.15, 0.2) is 18.2 Å². The van der Waals surface area contributed by atoms with Gasteiger partial charge >= 0.3 is 12.1 Å². The van der Waals surface area contributed by atoms with E-state index in [9.17, 15) is 26.4 Å². The van der Waals surface area contributed by atoms with E-state index in [1.54, 1.807) is 6.92 Å². The standard InChI is InChI=1S/C11H13F3N2O4S/c1-7-3-4-9(8(5-7)10(17)20-2)16-21(18,19)15-6-11(12,13)14/h3-5,15-16H,6H2,1-2H3. The lowest BCUT2D eigenvalue weighted by atomic mass is 10.1. The highest BCUT2D eigenvalue weighted by Crippen LogP contribution is 2.20. The summed E-state index contributed by atoms with van der Waals surface area (Å²) >= 11 is 0. The average Bonchev–Trinajstić information content (AvgIpc) is 2.37. The van der Waals surface area contributed by atoms with Crippen molar-refractivity contribution in [3.63, 3.8) is 0 Å². The molecule has 0 fully saturated rings. The number of rotatable bonds is 5. The van der Waals surface area contributed by atoms with Crippen molar-refractivity contribution in [2.24, 2.45) is 0 Å². The van der Waals surface area contributed by atoms with Crippen molar-refractivity contribution < 1.29 is 31.1 Å². The number of halogens is 3. The zero-order valence-corrected chi connectivity index (χ0v) is 11.9. The second-order valence-electron chi connectivity index (χ2n) is 4.08. The first-order chi connectivity index (χ1) is 9.54. The number of alkyl halides is 3. The van der Waals surface area contributed by atoms with E-state index in [0.717, 1.165) is 7.11 Å². The molecule has 0 unspecified atom stereocenters. The normalized spacial score (nSPS) is 12.0. The van der Waals surface area contributed by atoms with E-state index in [1.807, 2.05) is 4.72 Å². The molecule has 0 saturated heterocycles. The lowest BCUT2D eigenvalue weighted by Gasteiger charge is -2.13. The quantitative estimate of drug-likeness (QED) is 0.805. The SMILES string of the molecule is COC(=O)c1cc(C)ccc1NS(=O)(=O)NCC(F)(F)F. The zero-order chi connectivity index (χ0) is 16.3. The average molecular weight is 326 g/mol. The third-order valence-electron chi connectivity index (χ3n) is 2.29. The molecule has 0 aromatic heterocycles. The number of esters is 1. The van der Waals surface area contributed by atoms with Gasteiger partial charge < -0.3 is 4.74 Å². The van der Waals surface area contributed by atoms with Crippen LogP contribution in [0.3, 0.4) is 0 Å². The van der Waals surface area contributed by atoms with Gasteiger partial charge in [0.15, 0.2) is 0 Å². The van der Waals surface area contributed by atoms with E-state index in [0.29, 0.717) is 5.56 Å². The Labute approximate surface area is 119 Å². The molecule has 1 aromatic carbocycles. The first kappa shape index (κ1) is 17.2. The van der Waals surface area contributed by atoms with Crippen LogP contribution in [0.2, 0.25) is 0 Å². The molecule has 0 radical (unpaired) electrons. The molecule has 118 valence electrons. The van der Waals surface area contributed by atoms with Crippen LogP contribution >= 0.6 is 0 Å². The summed E-state index contributed by atoms with van der Waals surface area (Å²) in [6.45, 7) is -0.0611. The van der Waals surface area contributed by atoms with E-state index in [1.165, 1.54) is 22.9 Å². The van der Waals surface area contributed by atoms with Crippen LogP contribution in [-0.4, -0.2) is 34.2 Å². The van der Waals surface area contributed by atoms with Crippen molar-refractivity contribution >= 4 is 21.9 Å². The molecule has 6 nitrogen and oxygen atoms in total. The lowest BCUT2D eigenvalue weighted by Crippen LogP contribution is -2.37. The number of nitrogens with one attached hydrogen (secondary N) is 2. The van der Waals surface area contributed by atoms with Gasteiger partial charge in [-0.15, -0.1) is 0 Å². The Hall–Kier alpha value is -1.81. The van der Waals surface area contributed by atoms with E-state index in [2.05, 4.69) is 4.74 Å². The van der Waals surface area contributed by atoms with Gasteiger partial charge in [0.05, 0.1) is 18.4 Å². The number of benzene rings is 1. The minimum atomic E-state index is -4.69. The van der Waals surface area contributed by atoms with Gasteiger partial charge in [-0.1, -0.05) is 11.6 Å². The molecule has 1 rings (SSSR count). The number of aryl methyl sites for hydroxylation is 1. The van der Waals surface area contributed by atoms with Crippen LogP contribution in [0.5, 0.6) is 0 Å². The van der Waals surface area contributed by atoms with Crippen LogP contribution in [0.25, 0.3) is 0 Å². The van der Waals surface area contributed by atoms with Crippen molar-refractivity contribution in [2.45, 2.75) is 13.1 Å². The van der Waals surface area contributed by atoms with E-state index in [4.69, 9.17) is 0 Å². The van der Waals surface area contributed by atoms with Gasteiger partial charge in [-0.3, -0.25) is 4.72 Å². The molecular weight excluding hydrogens is 313 g/mol. The number of ether oxygens (including phenoxy) is 1. The summed E-state index contributed by atoms with van der Waals surface area (Å²) in [5.74, 6) is -0.813. The van der Waals surface area contributed by atoms with Crippen LogP contribution in [0.1, 0.15) is 15.9 Å². The third kappa shape index (κ3) is 5.60. The fourth-order valence-corrected chi connectivity index (χ4v) is 2.28. The summed E-state index contributed by atoms with van der Waals surface area (Å²) < 4.78 is 66.8. The topological polar surface area (TPSA) is 84.5 Å². The number of methoxy groups -OCH3 is 1. The van der Waals surface area contributed by atoms with Crippen LogP contribution in [0, 0.1) is 6.92 Å². The number of anilines is 1. The van der Waals surface area contributed by atoms with Gasteiger partial charge in [0, 0.05) is 0 Å². The number of hydrogen-bond donors (Lipinski definition) is 2. The highest BCUT2D eigenvalue weighted by Gasteiger charge is 2.29. The highest BCUT2D eigenvalue weighted by molar-refractivity contribution is 7.90. The van der Waals surface area contributed by atoms with Crippen molar-refractivity contribution in [1.29, 1.82) is 0 Å². The molecule has 0 atom stereocenters. The molecule has 0 amide bonds. The summed E-state index contributed by atoms with van der Waals surface area (Å²) in [6.07, 6.45) is -4.69. The maximum Gasteiger partial charge on any atom is 0.402 e. The van der Waals surface area contributed by atoms with Crippen LogP contribution < -0.4 is 9.44 Å². The van der Waals surface area contributed by atoms with Gasteiger partial charge in [-0.05, 0) is 19.1 Å². The predicted octanol–water partition coefficient (Wildman–Crippen LogP) is 1.59. The Balaban J connectivity index is 2.99. The minimum absolute atomic E-state index is 0.102. The van der Waals surface area contributed by atoms with Gasteiger partial charge in [-0.2, -0.15) is 26.3 Å². The molecule has 0 bridgehead atoms. The third-order valence-corrected chi connectivity index (χ3v) is 3.30. The van der Waals surface area contributed by atoms with Gasteiger partial charge in [0.2, 0.25) is 0 Å². The predicted molar refractivity (Wildman–Crippen MR) is 69.1 cm³/mol. The fraction of sp³-hybridized carbons (Fsp3) is 0.364. The van der Waals surface area contributed by atoms with E-state index >= 15 is 0 Å². The lowest BCUT2D eigenvalue weighted by molar-refractivity contribution is -0.121. The van der Waals surface area contributed by atoms with Crippen molar-refractivity contribution in [2.75, 3.05) is 18.4 Å². The Kier molecular flexibility index (Phi) is 5.18. The van der Waals surface area contributed by atoms with Crippen LogP contribution in [-0.2, 0) is 14.9 Å². The minimum Gasteiger partial charge on any atom is -0.465 e. The first-order valence-corrected chi connectivity index (χ1v) is 7.05. The smallest absolute Gasteiger partial charge is 0.402 e. The molecule has 0 heterocycles. The maximum absolute atomic E-state index is 12.0. The Bertz CT molecular complexity index is 629.